The molecule has 0 saturated carbocycles. The van der Waals surface area contributed by atoms with Gasteiger partial charge < -0.3 is 16.2 Å². The third-order valence-corrected chi connectivity index (χ3v) is 2.75. The summed E-state index contributed by atoms with van der Waals surface area (Å²) >= 11 is 0. The molecule has 0 aliphatic rings. The minimum Gasteiger partial charge on any atom is -0.457 e. The summed E-state index contributed by atoms with van der Waals surface area (Å²) in [6.45, 7) is 0. The monoisotopic (exact) mass is 372 g/mol. The van der Waals surface area contributed by atoms with Gasteiger partial charge in [0.2, 0.25) is 0 Å². The van der Waals surface area contributed by atoms with Crippen LogP contribution in [0.3, 0.4) is 0 Å². The van der Waals surface area contributed by atoms with E-state index in [1.54, 1.807) is 0 Å². The van der Waals surface area contributed by atoms with Crippen LogP contribution in [0.25, 0.3) is 0 Å². The van der Waals surface area contributed by atoms with Crippen LogP contribution >= 0.6 is 12.4 Å². The van der Waals surface area contributed by atoms with Gasteiger partial charge in [0.25, 0.3) is 0 Å². The Hall–Kier alpha value is -2.29. The average Bonchev–Trinajstić information content (AvgIpc) is 2.35. The second-order valence-electron chi connectivity index (χ2n) is 4.68. The maximum absolute atomic E-state index is 12.7. The molecule has 0 unspecified atom stereocenters. The van der Waals surface area contributed by atoms with E-state index in [-0.39, 0.29) is 35.3 Å². The van der Waals surface area contributed by atoms with Crippen LogP contribution in [-0.4, -0.2) is 0 Å². The molecule has 0 aliphatic heterocycles. The standard InChI is InChI=1S/C14H10F6N2O.ClH/c15-13(16,17)7-1-9(21)5-11(3-7)23-12-4-8(14(18,19)20)2-10(22)6-12;/h1-6H,21-22H2;1H. The first kappa shape index (κ1) is 19.8. The minimum absolute atomic E-state index is 0. The summed E-state index contributed by atoms with van der Waals surface area (Å²) in [5.41, 5.74) is 8.07. The van der Waals surface area contributed by atoms with Crippen LogP contribution in [-0.2, 0) is 12.4 Å². The number of benzene rings is 2. The highest BCUT2D eigenvalue weighted by atomic mass is 35.5. The highest BCUT2D eigenvalue weighted by Gasteiger charge is 2.32. The van der Waals surface area contributed by atoms with Gasteiger partial charge in [0, 0.05) is 23.5 Å². The summed E-state index contributed by atoms with van der Waals surface area (Å²) in [5, 5.41) is 0. The number of alkyl halides is 6. The molecule has 0 aromatic heterocycles. The fourth-order valence-electron chi connectivity index (χ4n) is 1.83. The van der Waals surface area contributed by atoms with Crippen molar-refractivity contribution in [3.05, 3.63) is 47.5 Å². The van der Waals surface area contributed by atoms with Crippen molar-refractivity contribution in [1.29, 1.82) is 0 Å². The van der Waals surface area contributed by atoms with Crippen LogP contribution in [0.15, 0.2) is 36.4 Å². The number of halogens is 7. The van der Waals surface area contributed by atoms with Crippen LogP contribution < -0.4 is 16.2 Å². The van der Waals surface area contributed by atoms with Gasteiger partial charge in [0.1, 0.15) is 11.5 Å². The van der Waals surface area contributed by atoms with Crippen LogP contribution in [0, 0.1) is 0 Å². The average molecular weight is 373 g/mol. The van der Waals surface area contributed by atoms with Gasteiger partial charge in [0.15, 0.2) is 0 Å². The summed E-state index contributed by atoms with van der Waals surface area (Å²) in [4.78, 5) is 0. The molecule has 2 aromatic carbocycles. The number of hydrogen-bond donors (Lipinski definition) is 2. The molecule has 10 heteroatoms. The lowest BCUT2D eigenvalue weighted by Crippen LogP contribution is -2.07. The van der Waals surface area contributed by atoms with E-state index in [2.05, 4.69) is 0 Å². The topological polar surface area (TPSA) is 61.3 Å². The Bertz CT molecular complexity index is 669. The van der Waals surface area contributed by atoms with Gasteiger partial charge in [0.05, 0.1) is 11.1 Å². The molecule has 0 atom stereocenters. The van der Waals surface area contributed by atoms with E-state index in [4.69, 9.17) is 16.2 Å². The Labute approximate surface area is 138 Å². The lowest BCUT2D eigenvalue weighted by atomic mass is 10.1. The van der Waals surface area contributed by atoms with Gasteiger partial charge in [-0.25, -0.2) is 0 Å². The molecule has 0 bridgehead atoms. The van der Waals surface area contributed by atoms with Crippen LogP contribution in [0.4, 0.5) is 37.7 Å². The molecule has 2 aromatic rings. The van der Waals surface area contributed by atoms with Gasteiger partial charge in [-0.05, 0) is 24.3 Å². The lowest BCUT2D eigenvalue weighted by molar-refractivity contribution is -0.138. The summed E-state index contributed by atoms with van der Waals surface area (Å²) in [6.07, 6.45) is -9.33. The highest BCUT2D eigenvalue weighted by Crippen LogP contribution is 2.37. The predicted molar refractivity (Wildman–Crippen MR) is 79.0 cm³/mol. The van der Waals surface area contributed by atoms with Crippen molar-refractivity contribution in [3.8, 4) is 11.5 Å². The molecular formula is C14H11ClF6N2O. The van der Waals surface area contributed by atoms with Crippen LogP contribution in [0.2, 0.25) is 0 Å². The molecule has 3 nitrogen and oxygen atoms in total. The van der Waals surface area contributed by atoms with Gasteiger partial charge in [-0.3, -0.25) is 0 Å². The normalized spacial score (nSPS) is 11.8. The molecule has 4 N–H and O–H groups in total. The fourth-order valence-corrected chi connectivity index (χ4v) is 1.83. The largest absolute Gasteiger partial charge is 0.457 e. The molecule has 0 spiro atoms. The molecule has 0 amide bonds. The van der Waals surface area contributed by atoms with E-state index >= 15 is 0 Å². The van der Waals surface area contributed by atoms with Crippen LogP contribution in [0.1, 0.15) is 11.1 Å². The van der Waals surface area contributed by atoms with Crippen molar-refractivity contribution in [2.45, 2.75) is 12.4 Å². The molecular weight excluding hydrogens is 362 g/mol. The van der Waals surface area contributed by atoms with Crippen molar-refractivity contribution in [2.24, 2.45) is 0 Å². The third-order valence-electron chi connectivity index (χ3n) is 2.75. The molecule has 0 heterocycles. The van der Waals surface area contributed by atoms with E-state index in [0.29, 0.717) is 24.3 Å². The quantitative estimate of drug-likeness (QED) is 0.569. The number of hydrogen-bond acceptors (Lipinski definition) is 3. The minimum atomic E-state index is -4.67. The Morgan fingerprint density at radius 3 is 1.25 bits per heavy atom. The second kappa shape index (κ2) is 6.68. The maximum atomic E-state index is 12.7. The first-order valence-corrected chi connectivity index (χ1v) is 6.08. The van der Waals surface area contributed by atoms with E-state index in [1.807, 2.05) is 0 Å². The van der Waals surface area contributed by atoms with E-state index in [9.17, 15) is 26.3 Å². The Morgan fingerprint density at radius 2 is 0.958 bits per heavy atom. The number of rotatable bonds is 2. The summed E-state index contributed by atoms with van der Waals surface area (Å²) < 4.78 is 81.2. The Morgan fingerprint density at radius 1 is 0.625 bits per heavy atom. The lowest BCUT2D eigenvalue weighted by Gasteiger charge is -2.13. The van der Waals surface area contributed by atoms with Crippen molar-refractivity contribution in [3.63, 3.8) is 0 Å². The summed E-state index contributed by atoms with van der Waals surface area (Å²) in [6, 6.07) is 4.76. The second-order valence-corrected chi connectivity index (χ2v) is 4.68. The maximum Gasteiger partial charge on any atom is 0.416 e. The van der Waals surface area contributed by atoms with E-state index in [1.165, 1.54) is 0 Å². The Kier molecular flexibility index (Phi) is 5.50. The molecule has 0 aliphatic carbocycles. The Balaban J connectivity index is 0.00000288. The number of ether oxygens (including phenoxy) is 1. The zero-order valence-corrected chi connectivity index (χ0v) is 12.5. The van der Waals surface area contributed by atoms with Gasteiger partial charge in [-0.15, -0.1) is 12.4 Å². The first-order chi connectivity index (χ1) is 10.4. The van der Waals surface area contributed by atoms with Crippen molar-refractivity contribution in [1.82, 2.24) is 0 Å². The third kappa shape index (κ3) is 4.85. The molecule has 24 heavy (non-hydrogen) atoms. The van der Waals surface area contributed by atoms with E-state index < -0.39 is 23.5 Å². The smallest absolute Gasteiger partial charge is 0.416 e. The van der Waals surface area contributed by atoms with Gasteiger partial charge >= 0.3 is 12.4 Å². The molecule has 132 valence electrons. The zero-order chi connectivity index (χ0) is 17.4. The molecule has 2 rings (SSSR count). The molecule has 0 fully saturated rings. The van der Waals surface area contributed by atoms with Gasteiger partial charge in [-0.1, -0.05) is 0 Å². The summed E-state index contributed by atoms with van der Waals surface area (Å²) in [7, 11) is 0. The van der Waals surface area contributed by atoms with Gasteiger partial charge in [-0.2, -0.15) is 26.3 Å². The molecule has 0 saturated heterocycles. The SMILES string of the molecule is Cl.Nc1cc(Oc2cc(N)cc(C(F)(F)F)c2)cc(C(F)(F)F)c1. The van der Waals surface area contributed by atoms with Crippen molar-refractivity contribution < 1.29 is 31.1 Å². The number of anilines is 2. The highest BCUT2D eigenvalue weighted by molar-refractivity contribution is 5.85. The fraction of sp³-hybridized carbons (Fsp3) is 0.143. The number of nitrogen functional groups attached to an aromatic ring is 2. The zero-order valence-electron chi connectivity index (χ0n) is 11.7. The van der Waals surface area contributed by atoms with E-state index in [0.717, 1.165) is 12.1 Å². The van der Waals surface area contributed by atoms with Crippen LogP contribution in [0.5, 0.6) is 11.5 Å². The first-order valence-electron chi connectivity index (χ1n) is 6.08. The predicted octanol–water partition coefficient (Wildman–Crippen LogP) is 5.10. The van der Waals surface area contributed by atoms with Crippen molar-refractivity contribution in [2.75, 3.05) is 11.5 Å². The molecule has 0 radical (unpaired) electrons. The number of nitrogens with two attached hydrogens (primary N) is 2. The van der Waals surface area contributed by atoms with Crippen molar-refractivity contribution >= 4 is 23.8 Å². The summed E-state index contributed by atoms with van der Waals surface area (Å²) in [5.74, 6) is -0.702.